The number of nitrogens with zero attached hydrogens (tertiary/aromatic N) is 2. The highest BCUT2D eigenvalue weighted by molar-refractivity contribution is 6.12. The molecule has 0 aliphatic carbocycles. The van der Waals surface area contributed by atoms with Crippen molar-refractivity contribution >= 4 is 40.8 Å². The van der Waals surface area contributed by atoms with Crippen LogP contribution in [0.25, 0.3) is 11.1 Å². The van der Waals surface area contributed by atoms with E-state index < -0.39 is 0 Å². The second-order valence-electron chi connectivity index (χ2n) is 6.24. The van der Waals surface area contributed by atoms with Crippen LogP contribution in [0.5, 0.6) is 0 Å². The molecule has 0 aliphatic rings. The van der Waals surface area contributed by atoms with Crippen LogP contribution in [-0.4, -0.2) is 16.0 Å². The van der Waals surface area contributed by atoms with Gasteiger partial charge in [0.15, 0.2) is 0 Å². The fraction of sp³-hybridized carbons (Fsp3) is 0.278. The van der Waals surface area contributed by atoms with Crippen molar-refractivity contribution in [3.8, 4) is 0 Å². The third-order valence-electron chi connectivity index (χ3n) is 3.90. The summed E-state index contributed by atoms with van der Waals surface area (Å²) in [4.78, 5) is 17.2. The van der Waals surface area contributed by atoms with Gasteiger partial charge in [-0.1, -0.05) is 25.1 Å². The molecule has 132 valence electrons. The molecule has 0 atom stereocenters. The van der Waals surface area contributed by atoms with Gasteiger partial charge in [-0.15, -0.1) is 12.4 Å². The maximum Gasteiger partial charge on any atom is 0.259 e. The first kappa shape index (κ1) is 18.7. The van der Waals surface area contributed by atoms with Gasteiger partial charge < -0.3 is 15.6 Å². The number of nitrogen functional groups attached to an aromatic ring is 1. The van der Waals surface area contributed by atoms with Gasteiger partial charge in [-0.3, -0.25) is 4.79 Å². The lowest BCUT2D eigenvalue weighted by molar-refractivity contribution is 0.102. The zero-order valence-electron chi connectivity index (χ0n) is 14.6. The first-order valence-corrected chi connectivity index (χ1v) is 7.81. The molecule has 0 radical (unpaired) electrons. The summed E-state index contributed by atoms with van der Waals surface area (Å²) in [6.45, 7) is 7.74. The second kappa shape index (κ2) is 7.11. The van der Waals surface area contributed by atoms with Crippen LogP contribution in [0.1, 0.15) is 47.1 Å². The topological polar surface area (TPSA) is 94.0 Å². The zero-order valence-corrected chi connectivity index (χ0v) is 15.4. The number of carbonyl (C=O) groups is 1. The summed E-state index contributed by atoms with van der Waals surface area (Å²) in [6.07, 6.45) is 0. The molecule has 3 rings (SSSR count). The molecule has 0 bridgehead atoms. The van der Waals surface area contributed by atoms with Crippen molar-refractivity contribution in [2.45, 2.75) is 33.6 Å². The Kier molecular flexibility index (Phi) is 5.33. The largest absolute Gasteiger partial charge is 0.399 e. The molecule has 0 unspecified atom stereocenters. The van der Waals surface area contributed by atoms with E-state index >= 15 is 0 Å². The molecule has 0 saturated carbocycles. The Morgan fingerprint density at radius 3 is 2.64 bits per heavy atom. The first-order chi connectivity index (χ1) is 11.4. The second-order valence-corrected chi connectivity index (χ2v) is 6.24. The molecule has 6 nitrogen and oxygen atoms in total. The van der Waals surface area contributed by atoms with Crippen LogP contribution in [-0.2, 0) is 0 Å². The fourth-order valence-electron chi connectivity index (χ4n) is 2.63. The molecule has 7 heteroatoms. The van der Waals surface area contributed by atoms with Gasteiger partial charge in [0.2, 0.25) is 0 Å². The van der Waals surface area contributed by atoms with Crippen molar-refractivity contribution in [1.82, 2.24) is 10.1 Å². The molecule has 2 aromatic heterocycles. The lowest BCUT2D eigenvalue weighted by atomic mass is 10.0. The number of halogens is 1. The quantitative estimate of drug-likeness (QED) is 0.682. The van der Waals surface area contributed by atoms with Gasteiger partial charge in [0.05, 0.1) is 16.6 Å². The van der Waals surface area contributed by atoms with Crippen molar-refractivity contribution in [2.24, 2.45) is 0 Å². The smallest absolute Gasteiger partial charge is 0.259 e. The minimum absolute atomic E-state index is 0. The number of nitrogens with two attached hydrogens (primary N) is 1. The number of benzene rings is 1. The number of amides is 1. The van der Waals surface area contributed by atoms with E-state index in [1.807, 2.05) is 33.8 Å². The molecule has 3 aromatic rings. The Bertz CT molecular complexity index is 934. The van der Waals surface area contributed by atoms with Crippen LogP contribution in [0.4, 0.5) is 11.4 Å². The lowest BCUT2D eigenvalue weighted by Crippen LogP contribution is -2.14. The van der Waals surface area contributed by atoms with E-state index in [0.29, 0.717) is 33.7 Å². The van der Waals surface area contributed by atoms with E-state index in [0.717, 1.165) is 11.3 Å². The van der Waals surface area contributed by atoms with Crippen LogP contribution >= 0.6 is 12.4 Å². The van der Waals surface area contributed by atoms with Gasteiger partial charge in [-0.25, -0.2) is 4.98 Å². The van der Waals surface area contributed by atoms with Crippen molar-refractivity contribution in [3.63, 3.8) is 0 Å². The zero-order chi connectivity index (χ0) is 17.4. The van der Waals surface area contributed by atoms with Crippen LogP contribution in [0.3, 0.4) is 0 Å². The van der Waals surface area contributed by atoms with Crippen LogP contribution in [0, 0.1) is 13.8 Å². The van der Waals surface area contributed by atoms with Gasteiger partial charge in [0.1, 0.15) is 0 Å². The first-order valence-electron chi connectivity index (χ1n) is 7.81. The molecule has 0 fully saturated rings. The third-order valence-corrected chi connectivity index (χ3v) is 3.90. The highest BCUT2D eigenvalue weighted by atomic mass is 35.5. The van der Waals surface area contributed by atoms with E-state index in [2.05, 4.69) is 15.5 Å². The number of nitrogens with one attached hydrogen (secondary N) is 1. The number of rotatable bonds is 3. The SMILES string of the molecule is Cc1cc(C(=O)Nc2cc(N)ccc2C)c2c(C(C)C)noc2n1.Cl. The maximum absolute atomic E-state index is 12.9. The molecule has 25 heavy (non-hydrogen) atoms. The van der Waals surface area contributed by atoms with E-state index in [-0.39, 0.29) is 24.2 Å². The average molecular weight is 361 g/mol. The Morgan fingerprint density at radius 1 is 1.24 bits per heavy atom. The molecule has 1 aromatic carbocycles. The highest BCUT2D eigenvalue weighted by Gasteiger charge is 2.21. The van der Waals surface area contributed by atoms with Gasteiger partial charge in [-0.05, 0) is 43.5 Å². The van der Waals surface area contributed by atoms with Crippen LogP contribution in [0.15, 0.2) is 28.8 Å². The van der Waals surface area contributed by atoms with Gasteiger partial charge in [0, 0.05) is 17.1 Å². The maximum atomic E-state index is 12.9. The van der Waals surface area contributed by atoms with Crippen molar-refractivity contribution in [3.05, 3.63) is 46.8 Å². The van der Waals surface area contributed by atoms with E-state index in [9.17, 15) is 4.79 Å². The number of hydrogen-bond acceptors (Lipinski definition) is 5. The number of aromatic nitrogens is 2. The molecule has 1 amide bonds. The fourth-order valence-corrected chi connectivity index (χ4v) is 2.63. The summed E-state index contributed by atoms with van der Waals surface area (Å²) in [5, 5.41) is 7.67. The van der Waals surface area contributed by atoms with Gasteiger partial charge in [-0.2, -0.15) is 0 Å². The molecular weight excluding hydrogens is 340 g/mol. The average Bonchev–Trinajstić information content (AvgIpc) is 2.93. The number of anilines is 2. The monoisotopic (exact) mass is 360 g/mol. The van der Waals surface area contributed by atoms with E-state index in [1.165, 1.54) is 0 Å². The van der Waals surface area contributed by atoms with E-state index in [1.54, 1.807) is 18.2 Å². The molecule has 0 saturated heterocycles. The van der Waals surface area contributed by atoms with Crippen LogP contribution < -0.4 is 11.1 Å². The Morgan fingerprint density at radius 2 is 1.96 bits per heavy atom. The molecule has 0 spiro atoms. The Hall–Kier alpha value is -2.60. The minimum Gasteiger partial charge on any atom is -0.399 e. The highest BCUT2D eigenvalue weighted by Crippen LogP contribution is 2.28. The molecular formula is C18H21ClN4O2. The van der Waals surface area contributed by atoms with E-state index in [4.69, 9.17) is 10.3 Å². The van der Waals surface area contributed by atoms with Gasteiger partial charge >= 0.3 is 0 Å². The summed E-state index contributed by atoms with van der Waals surface area (Å²) in [5.41, 5.74) is 10.4. The van der Waals surface area contributed by atoms with Crippen molar-refractivity contribution in [2.75, 3.05) is 11.1 Å². The number of carbonyl (C=O) groups excluding carboxylic acids is 1. The normalized spacial score (nSPS) is 10.8. The number of fused-ring (bicyclic) bond motifs is 1. The Labute approximate surface area is 152 Å². The summed E-state index contributed by atoms with van der Waals surface area (Å²) in [7, 11) is 0. The number of hydrogen-bond donors (Lipinski definition) is 2. The number of aryl methyl sites for hydroxylation is 2. The predicted molar refractivity (Wildman–Crippen MR) is 101 cm³/mol. The van der Waals surface area contributed by atoms with Crippen LogP contribution in [0.2, 0.25) is 0 Å². The molecule has 3 N–H and O–H groups in total. The summed E-state index contributed by atoms with van der Waals surface area (Å²) in [5.74, 6) is -0.110. The third kappa shape index (κ3) is 3.58. The summed E-state index contributed by atoms with van der Waals surface area (Å²) in [6, 6.07) is 7.17. The Balaban J connectivity index is 0.00000225. The predicted octanol–water partition coefficient (Wildman–Crippen LogP) is 4.22. The van der Waals surface area contributed by atoms with Crippen molar-refractivity contribution in [1.29, 1.82) is 0 Å². The van der Waals surface area contributed by atoms with Gasteiger partial charge in [0.25, 0.3) is 11.6 Å². The summed E-state index contributed by atoms with van der Waals surface area (Å²) >= 11 is 0. The summed E-state index contributed by atoms with van der Waals surface area (Å²) < 4.78 is 5.31. The van der Waals surface area contributed by atoms with Crippen molar-refractivity contribution < 1.29 is 9.32 Å². The lowest BCUT2D eigenvalue weighted by Gasteiger charge is -2.11. The number of pyridine rings is 1. The minimum atomic E-state index is -0.232. The molecule has 2 heterocycles. The molecule has 0 aliphatic heterocycles. The standard InChI is InChI=1S/C18H20N4O2.ClH/c1-9(2)16-15-13(7-11(4)20-18(15)24-22-16)17(23)21-14-8-12(19)6-5-10(14)3;/h5-9H,19H2,1-4H3,(H,21,23);1H.